The standard InChI is InChI=1S/C14H8Cl2N2O2S/c15-7-1-3-8(4-2-7)20-12-9-5-10(14(17)19)21-11(9)6-18-13(12)16/h1-6H,(H2,17,19). The Hall–Kier alpha value is -1.82. The highest BCUT2D eigenvalue weighted by Crippen LogP contribution is 2.39. The van der Waals surface area contributed by atoms with Gasteiger partial charge in [0.2, 0.25) is 0 Å². The molecule has 0 spiro atoms. The summed E-state index contributed by atoms with van der Waals surface area (Å²) >= 11 is 13.2. The van der Waals surface area contributed by atoms with Gasteiger partial charge in [-0.3, -0.25) is 4.79 Å². The number of carbonyl (C=O) groups excluding carboxylic acids is 1. The highest BCUT2D eigenvalue weighted by atomic mass is 35.5. The van der Waals surface area contributed by atoms with Crippen LogP contribution in [0.4, 0.5) is 0 Å². The van der Waals surface area contributed by atoms with Crippen LogP contribution in [0.5, 0.6) is 11.5 Å². The zero-order valence-electron chi connectivity index (χ0n) is 10.5. The maximum Gasteiger partial charge on any atom is 0.258 e. The number of aromatic nitrogens is 1. The molecule has 7 heteroatoms. The minimum Gasteiger partial charge on any atom is -0.453 e. The molecule has 0 aliphatic rings. The number of ether oxygens (including phenoxy) is 1. The number of hydrogen-bond acceptors (Lipinski definition) is 4. The van der Waals surface area contributed by atoms with Crippen molar-refractivity contribution in [2.45, 2.75) is 0 Å². The summed E-state index contributed by atoms with van der Waals surface area (Å²) in [6.07, 6.45) is 1.59. The molecule has 0 unspecified atom stereocenters. The SMILES string of the molecule is NC(=O)c1cc2c(Oc3ccc(Cl)cc3)c(Cl)ncc2s1. The molecule has 0 aliphatic carbocycles. The van der Waals surface area contributed by atoms with Crippen molar-refractivity contribution in [2.75, 3.05) is 0 Å². The summed E-state index contributed by atoms with van der Waals surface area (Å²) in [6.45, 7) is 0. The van der Waals surface area contributed by atoms with Crippen LogP contribution in [0.25, 0.3) is 10.1 Å². The van der Waals surface area contributed by atoms with Crippen LogP contribution in [0.2, 0.25) is 10.2 Å². The predicted octanol–water partition coefficient (Wildman–Crippen LogP) is 4.49. The molecule has 3 rings (SSSR count). The van der Waals surface area contributed by atoms with E-state index in [1.54, 1.807) is 36.5 Å². The van der Waals surface area contributed by atoms with Crippen LogP contribution in [0, 0.1) is 0 Å². The smallest absolute Gasteiger partial charge is 0.258 e. The van der Waals surface area contributed by atoms with Crippen molar-refractivity contribution in [3.8, 4) is 11.5 Å². The van der Waals surface area contributed by atoms with Crippen LogP contribution < -0.4 is 10.5 Å². The highest BCUT2D eigenvalue weighted by molar-refractivity contribution is 7.20. The third-order valence-corrected chi connectivity index (χ3v) is 4.37. The second kappa shape index (κ2) is 5.52. The minimum absolute atomic E-state index is 0.214. The van der Waals surface area contributed by atoms with Gasteiger partial charge in [0.1, 0.15) is 5.75 Å². The van der Waals surface area contributed by atoms with Gasteiger partial charge in [-0.2, -0.15) is 0 Å². The van der Waals surface area contributed by atoms with Gasteiger partial charge >= 0.3 is 0 Å². The number of rotatable bonds is 3. The molecule has 0 radical (unpaired) electrons. The number of hydrogen-bond donors (Lipinski definition) is 1. The molecule has 2 heterocycles. The van der Waals surface area contributed by atoms with Crippen LogP contribution in [-0.2, 0) is 0 Å². The Morgan fingerprint density at radius 2 is 1.95 bits per heavy atom. The predicted molar refractivity (Wildman–Crippen MR) is 84.7 cm³/mol. The second-order valence-corrected chi connectivity index (χ2v) is 6.07. The van der Waals surface area contributed by atoms with Crippen molar-refractivity contribution >= 4 is 50.5 Å². The van der Waals surface area contributed by atoms with Crippen molar-refractivity contribution in [3.63, 3.8) is 0 Å². The topological polar surface area (TPSA) is 65.2 Å². The highest BCUT2D eigenvalue weighted by Gasteiger charge is 2.15. The number of carbonyl (C=O) groups is 1. The average Bonchev–Trinajstić information content (AvgIpc) is 2.89. The number of primary amides is 1. The van der Waals surface area contributed by atoms with Gasteiger partial charge in [0, 0.05) is 16.6 Å². The van der Waals surface area contributed by atoms with E-state index in [9.17, 15) is 4.79 Å². The van der Waals surface area contributed by atoms with Crippen molar-refractivity contribution < 1.29 is 9.53 Å². The molecular weight excluding hydrogens is 331 g/mol. The number of thiophene rings is 1. The third kappa shape index (κ3) is 2.81. The molecule has 0 atom stereocenters. The number of halogens is 2. The molecule has 21 heavy (non-hydrogen) atoms. The van der Waals surface area contributed by atoms with Crippen molar-refractivity contribution in [2.24, 2.45) is 5.73 Å². The van der Waals surface area contributed by atoms with Gasteiger partial charge in [-0.25, -0.2) is 4.98 Å². The van der Waals surface area contributed by atoms with Gasteiger partial charge in [-0.05, 0) is 30.3 Å². The number of nitrogens with two attached hydrogens (primary N) is 1. The largest absolute Gasteiger partial charge is 0.453 e. The van der Waals surface area contributed by atoms with Crippen LogP contribution >= 0.6 is 34.5 Å². The summed E-state index contributed by atoms with van der Waals surface area (Å²) in [5.74, 6) is 0.465. The molecule has 0 saturated carbocycles. The Balaban J connectivity index is 2.09. The molecule has 3 aromatic rings. The fourth-order valence-corrected chi connectivity index (χ4v) is 3.00. The summed E-state index contributed by atoms with van der Waals surface area (Å²) in [7, 11) is 0. The first-order valence-corrected chi connectivity index (χ1v) is 7.43. The normalized spacial score (nSPS) is 10.8. The molecule has 4 nitrogen and oxygen atoms in total. The maximum absolute atomic E-state index is 11.3. The lowest BCUT2D eigenvalue weighted by molar-refractivity contribution is 0.100. The van der Waals surface area contributed by atoms with Gasteiger partial charge in [0.25, 0.3) is 5.91 Å². The fraction of sp³-hybridized carbons (Fsp3) is 0. The van der Waals surface area contributed by atoms with Crippen LogP contribution in [-0.4, -0.2) is 10.9 Å². The molecule has 0 bridgehead atoms. The van der Waals surface area contributed by atoms with Gasteiger partial charge in [0.05, 0.1) is 9.58 Å². The van der Waals surface area contributed by atoms with E-state index in [1.807, 2.05) is 0 Å². The number of benzene rings is 1. The Kier molecular flexibility index (Phi) is 3.71. The lowest BCUT2D eigenvalue weighted by Crippen LogP contribution is -2.08. The molecule has 1 aromatic carbocycles. The lowest BCUT2D eigenvalue weighted by atomic mass is 10.3. The number of amides is 1. The molecule has 0 saturated heterocycles. The first-order chi connectivity index (χ1) is 10.0. The maximum atomic E-state index is 11.3. The van der Waals surface area contributed by atoms with E-state index in [2.05, 4.69) is 4.98 Å². The van der Waals surface area contributed by atoms with Gasteiger partial charge in [0.15, 0.2) is 10.9 Å². The van der Waals surface area contributed by atoms with E-state index < -0.39 is 5.91 Å². The van der Waals surface area contributed by atoms with E-state index in [1.165, 1.54) is 11.3 Å². The molecule has 106 valence electrons. The van der Waals surface area contributed by atoms with Gasteiger partial charge in [-0.1, -0.05) is 23.2 Å². The molecule has 2 N–H and O–H groups in total. The Morgan fingerprint density at radius 3 is 2.62 bits per heavy atom. The van der Waals surface area contributed by atoms with E-state index in [-0.39, 0.29) is 5.15 Å². The third-order valence-electron chi connectivity index (χ3n) is 2.76. The van der Waals surface area contributed by atoms with Crippen LogP contribution in [0.3, 0.4) is 0 Å². The summed E-state index contributed by atoms with van der Waals surface area (Å²) in [5.41, 5.74) is 5.30. The van der Waals surface area contributed by atoms with Crippen LogP contribution in [0.15, 0.2) is 36.5 Å². The summed E-state index contributed by atoms with van der Waals surface area (Å²) < 4.78 is 6.55. The first-order valence-electron chi connectivity index (χ1n) is 5.86. The van der Waals surface area contributed by atoms with E-state index in [4.69, 9.17) is 33.7 Å². The molecule has 2 aromatic heterocycles. The van der Waals surface area contributed by atoms with E-state index in [0.717, 1.165) is 4.70 Å². The van der Waals surface area contributed by atoms with Crippen LogP contribution in [0.1, 0.15) is 9.67 Å². The van der Waals surface area contributed by atoms with Gasteiger partial charge in [-0.15, -0.1) is 11.3 Å². The summed E-state index contributed by atoms with van der Waals surface area (Å²) in [5, 5.41) is 1.52. The Bertz CT molecular complexity index is 831. The number of fused-ring (bicyclic) bond motifs is 1. The second-order valence-electron chi connectivity index (χ2n) is 4.19. The summed E-state index contributed by atoms with van der Waals surface area (Å²) in [4.78, 5) is 15.8. The average molecular weight is 339 g/mol. The van der Waals surface area contributed by atoms with Crippen molar-refractivity contribution in [1.29, 1.82) is 0 Å². The fourth-order valence-electron chi connectivity index (χ4n) is 1.80. The lowest BCUT2D eigenvalue weighted by Gasteiger charge is -2.08. The minimum atomic E-state index is -0.496. The van der Waals surface area contributed by atoms with Gasteiger partial charge < -0.3 is 10.5 Å². The zero-order valence-corrected chi connectivity index (χ0v) is 12.8. The van der Waals surface area contributed by atoms with E-state index >= 15 is 0 Å². The number of nitrogens with zero attached hydrogens (tertiary/aromatic N) is 1. The quantitative estimate of drug-likeness (QED) is 0.715. The molecule has 1 amide bonds. The molecule has 0 fully saturated rings. The summed E-state index contributed by atoms with van der Waals surface area (Å²) in [6, 6.07) is 8.51. The van der Waals surface area contributed by atoms with E-state index in [0.29, 0.717) is 26.8 Å². The zero-order chi connectivity index (χ0) is 15.0. The number of pyridine rings is 1. The van der Waals surface area contributed by atoms with Crippen molar-refractivity contribution in [1.82, 2.24) is 4.98 Å². The molecule has 0 aliphatic heterocycles. The van der Waals surface area contributed by atoms with Crippen molar-refractivity contribution in [3.05, 3.63) is 51.6 Å². The Labute approximate surface area is 134 Å². The molecular formula is C14H8Cl2N2O2S. The first kappa shape index (κ1) is 14.1. The Morgan fingerprint density at radius 1 is 1.24 bits per heavy atom. The monoisotopic (exact) mass is 338 g/mol.